The lowest BCUT2D eigenvalue weighted by Gasteiger charge is -2.25. The molecule has 2 aromatic carbocycles. The Labute approximate surface area is 118 Å². The van der Waals surface area contributed by atoms with E-state index in [4.69, 9.17) is 17.3 Å². The van der Waals surface area contributed by atoms with Gasteiger partial charge < -0.3 is 5.73 Å². The average molecular weight is 278 g/mol. The smallest absolute Gasteiger partial charge is 0.123 e. The van der Waals surface area contributed by atoms with Crippen molar-refractivity contribution in [1.82, 2.24) is 0 Å². The molecule has 2 aromatic rings. The molecule has 19 heavy (non-hydrogen) atoms. The minimum atomic E-state index is -0.415. The molecule has 0 amide bonds. The molecule has 1 nitrogen and oxygen atoms in total. The molecule has 1 atom stereocenters. The molecule has 0 spiro atoms. The van der Waals surface area contributed by atoms with Crippen molar-refractivity contribution in [1.29, 1.82) is 0 Å². The van der Waals surface area contributed by atoms with E-state index in [1.54, 1.807) is 6.07 Å². The van der Waals surface area contributed by atoms with Crippen molar-refractivity contribution < 1.29 is 4.39 Å². The minimum absolute atomic E-state index is 0.222. The summed E-state index contributed by atoms with van der Waals surface area (Å²) in [5, 5.41) is 0.715. The highest BCUT2D eigenvalue weighted by atomic mass is 35.5. The Hall–Kier alpha value is -1.38. The lowest BCUT2D eigenvalue weighted by molar-refractivity contribution is 0.461. The third-order valence-corrected chi connectivity index (χ3v) is 3.27. The quantitative estimate of drug-likeness (QED) is 0.899. The summed E-state index contributed by atoms with van der Waals surface area (Å²) in [7, 11) is 0. The molecule has 3 heteroatoms. The minimum Gasteiger partial charge on any atom is -0.325 e. The van der Waals surface area contributed by atoms with Gasteiger partial charge in [-0.05, 0) is 55.2 Å². The standard InChI is InChI=1S/C16H17ClFN/c1-16(19,10-12-5-7-14(17)8-6-12)11-13-3-2-4-15(18)9-13/h2-9H,10-11,19H2,1H3. The van der Waals surface area contributed by atoms with Crippen molar-refractivity contribution in [3.63, 3.8) is 0 Å². The van der Waals surface area contributed by atoms with E-state index in [2.05, 4.69) is 0 Å². The third-order valence-electron chi connectivity index (χ3n) is 3.02. The molecular weight excluding hydrogens is 261 g/mol. The van der Waals surface area contributed by atoms with Gasteiger partial charge in [0.1, 0.15) is 5.82 Å². The van der Waals surface area contributed by atoms with Crippen molar-refractivity contribution in [3.05, 3.63) is 70.5 Å². The van der Waals surface area contributed by atoms with E-state index in [0.717, 1.165) is 17.5 Å². The van der Waals surface area contributed by atoms with Crippen LogP contribution in [0.15, 0.2) is 48.5 Å². The molecule has 0 aliphatic rings. The summed E-state index contributed by atoms with van der Waals surface area (Å²) in [6, 6.07) is 14.2. The van der Waals surface area contributed by atoms with Gasteiger partial charge in [-0.15, -0.1) is 0 Å². The highest BCUT2D eigenvalue weighted by molar-refractivity contribution is 6.30. The van der Waals surface area contributed by atoms with Gasteiger partial charge in [0.2, 0.25) is 0 Å². The van der Waals surface area contributed by atoms with E-state index in [1.807, 2.05) is 37.3 Å². The van der Waals surface area contributed by atoms with E-state index in [0.29, 0.717) is 11.4 Å². The van der Waals surface area contributed by atoms with Gasteiger partial charge in [0, 0.05) is 10.6 Å². The first kappa shape index (κ1) is 14.0. The molecule has 2 N–H and O–H groups in total. The molecule has 0 aliphatic carbocycles. The van der Waals surface area contributed by atoms with Crippen molar-refractivity contribution in [2.24, 2.45) is 5.73 Å². The molecule has 0 radical (unpaired) electrons. The summed E-state index contributed by atoms with van der Waals surface area (Å²) >= 11 is 5.86. The van der Waals surface area contributed by atoms with Crippen LogP contribution in [-0.2, 0) is 12.8 Å². The van der Waals surface area contributed by atoms with Crippen LogP contribution in [0.25, 0.3) is 0 Å². The summed E-state index contributed by atoms with van der Waals surface area (Å²) < 4.78 is 13.2. The number of halogens is 2. The molecule has 0 aliphatic heterocycles. The van der Waals surface area contributed by atoms with Crippen molar-refractivity contribution >= 4 is 11.6 Å². The molecule has 100 valence electrons. The van der Waals surface area contributed by atoms with Gasteiger partial charge in [-0.25, -0.2) is 4.39 Å². The zero-order valence-electron chi connectivity index (χ0n) is 10.9. The van der Waals surface area contributed by atoms with Crippen LogP contribution < -0.4 is 5.73 Å². The van der Waals surface area contributed by atoms with Crippen molar-refractivity contribution in [2.75, 3.05) is 0 Å². The maximum Gasteiger partial charge on any atom is 0.123 e. The Kier molecular flexibility index (Phi) is 4.23. The van der Waals surface area contributed by atoms with Gasteiger partial charge in [-0.3, -0.25) is 0 Å². The normalized spacial score (nSPS) is 14.1. The molecular formula is C16H17ClFN. The monoisotopic (exact) mass is 277 g/mol. The van der Waals surface area contributed by atoms with E-state index >= 15 is 0 Å². The van der Waals surface area contributed by atoms with Crippen LogP contribution in [0.1, 0.15) is 18.1 Å². The van der Waals surface area contributed by atoms with Crippen LogP contribution >= 0.6 is 11.6 Å². The van der Waals surface area contributed by atoms with Gasteiger partial charge >= 0.3 is 0 Å². The van der Waals surface area contributed by atoms with Crippen LogP contribution in [0.3, 0.4) is 0 Å². The highest BCUT2D eigenvalue weighted by Gasteiger charge is 2.20. The first-order chi connectivity index (χ1) is 8.94. The second-order valence-electron chi connectivity index (χ2n) is 5.26. The summed E-state index contributed by atoms with van der Waals surface area (Å²) in [6.45, 7) is 1.98. The average Bonchev–Trinajstić information content (AvgIpc) is 2.31. The van der Waals surface area contributed by atoms with Gasteiger partial charge in [0.05, 0.1) is 0 Å². The largest absolute Gasteiger partial charge is 0.325 e. The first-order valence-electron chi connectivity index (χ1n) is 6.22. The lowest BCUT2D eigenvalue weighted by Crippen LogP contribution is -2.40. The number of hydrogen-bond donors (Lipinski definition) is 1. The van der Waals surface area contributed by atoms with Gasteiger partial charge in [-0.2, -0.15) is 0 Å². The van der Waals surface area contributed by atoms with Gasteiger partial charge in [0.25, 0.3) is 0 Å². The Morgan fingerprint density at radius 3 is 2.32 bits per heavy atom. The summed E-state index contributed by atoms with van der Waals surface area (Å²) in [6.07, 6.45) is 1.36. The van der Waals surface area contributed by atoms with Crippen LogP contribution in [0, 0.1) is 5.82 Å². The van der Waals surface area contributed by atoms with E-state index in [1.165, 1.54) is 12.1 Å². The van der Waals surface area contributed by atoms with E-state index in [9.17, 15) is 4.39 Å². The fourth-order valence-electron chi connectivity index (χ4n) is 2.24. The van der Waals surface area contributed by atoms with Crippen LogP contribution in [-0.4, -0.2) is 5.54 Å². The van der Waals surface area contributed by atoms with Gasteiger partial charge in [0.15, 0.2) is 0 Å². The zero-order valence-corrected chi connectivity index (χ0v) is 11.6. The molecule has 0 aromatic heterocycles. The molecule has 0 bridgehead atoms. The maximum atomic E-state index is 13.2. The Balaban J connectivity index is 2.07. The third kappa shape index (κ3) is 4.34. The fourth-order valence-corrected chi connectivity index (χ4v) is 2.37. The molecule has 1 unspecified atom stereocenters. The molecule has 2 rings (SSSR count). The topological polar surface area (TPSA) is 26.0 Å². The van der Waals surface area contributed by atoms with E-state index < -0.39 is 5.54 Å². The molecule has 0 saturated heterocycles. The van der Waals surface area contributed by atoms with Crippen molar-refractivity contribution in [3.8, 4) is 0 Å². The Morgan fingerprint density at radius 2 is 1.68 bits per heavy atom. The molecule has 0 saturated carbocycles. The number of nitrogens with two attached hydrogens (primary N) is 1. The SMILES string of the molecule is CC(N)(Cc1ccc(Cl)cc1)Cc1cccc(F)c1. The Bertz CT molecular complexity index is 549. The predicted octanol–water partition coefficient (Wildman–Crippen LogP) is 3.98. The molecule has 0 heterocycles. The zero-order chi connectivity index (χ0) is 13.9. The molecule has 0 fully saturated rings. The summed E-state index contributed by atoms with van der Waals surface area (Å²) in [5.41, 5.74) is 7.94. The van der Waals surface area contributed by atoms with Crippen LogP contribution in [0.4, 0.5) is 4.39 Å². The highest BCUT2D eigenvalue weighted by Crippen LogP contribution is 2.18. The van der Waals surface area contributed by atoms with Crippen LogP contribution in [0.5, 0.6) is 0 Å². The second-order valence-corrected chi connectivity index (χ2v) is 5.70. The number of hydrogen-bond acceptors (Lipinski definition) is 1. The first-order valence-corrected chi connectivity index (χ1v) is 6.60. The maximum absolute atomic E-state index is 13.2. The Morgan fingerprint density at radius 1 is 1.05 bits per heavy atom. The second kappa shape index (κ2) is 5.72. The number of rotatable bonds is 4. The van der Waals surface area contributed by atoms with E-state index in [-0.39, 0.29) is 5.82 Å². The van der Waals surface area contributed by atoms with Crippen LogP contribution in [0.2, 0.25) is 5.02 Å². The van der Waals surface area contributed by atoms with Gasteiger partial charge in [-0.1, -0.05) is 35.9 Å². The predicted molar refractivity (Wildman–Crippen MR) is 77.9 cm³/mol. The van der Waals surface area contributed by atoms with Crippen molar-refractivity contribution in [2.45, 2.75) is 25.3 Å². The lowest BCUT2D eigenvalue weighted by atomic mass is 9.87. The summed E-state index contributed by atoms with van der Waals surface area (Å²) in [4.78, 5) is 0. The number of benzene rings is 2. The fraction of sp³-hybridized carbons (Fsp3) is 0.250. The summed E-state index contributed by atoms with van der Waals surface area (Å²) in [5.74, 6) is -0.222.